The maximum absolute atomic E-state index is 13.6. The first-order valence-corrected chi connectivity index (χ1v) is 11.7. The summed E-state index contributed by atoms with van der Waals surface area (Å²) in [6, 6.07) is 27.9. The summed E-state index contributed by atoms with van der Waals surface area (Å²) in [5, 5.41) is 8.80. The number of carboxylic acids is 1. The summed E-state index contributed by atoms with van der Waals surface area (Å²) in [7, 11) is 0. The molecular formula is C27H29NO3S. The first-order chi connectivity index (χ1) is 15.4. The largest absolute Gasteiger partial charge is 0.481 e. The highest BCUT2D eigenvalue weighted by atomic mass is 32.2. The number of carbonyl (C=O) groups is 2. The summed E-state index contributed by atoms with van der Waals surface area (Å²) < 4.78 is 0. The van der Waals surface area contributed by atoms with E-state index in [1.165, 1.54) is 11.8 Å². The van der Waals surface area contributed by atoms with Gasteiger partial charge >= 0.3 is 5.97 Å². The van der Waals surface area contributed by atoms with Crippen molar-refractivity contribution in [3.8, 4) is 0 Å². The third kappa shape index (κ3) is 6.55. The Morgan fingerprint density at radius 2 is 1.31 bits per heavy atom. The van der Waals surface area contributed by atoms with Crippen LogP contribution in [-0.4, -0.2) is 33.1 Å². The number of carbonyl (C=O) groups excluding carboxylic acids is 1. The third-order valence-corrected chi connectivity index (χ3v) is 6.49. The van der Waals surface area contributed by atoms with Gasteiger partial charge in [0.25, 0.3) is 0 Å². The van der Waals surface area contributed by atoms with Crippen molar-refractivity contribution in [3.05, 3.63) is 102 Å². The Labute approximate surface area is 194 Å². The Balaban J connectivity index is 1.79. The molecule has 166 valence electrons. The van der Waals surface area contributed by atoms with Gasteiger partial charge in [-0.05, 0) is 37.1 Å². The zero-order valence-corrected chi connectivity index (χ0v) is 19.3. The molecule has 3 aromatic rings. The zero-order valence-electron chi connectivity index (χ0n) is 18.5. The lowest BCUT2D eigenvalue weighted by Crippen LogP contribution is -2.49. The number of hydrogen-bond donors (Lipinski definition) is 1. The third-order valence-electron chi connectivity index (χ3n) is 5.48. The van der Waals surface area contributed by atoms with Gasteiger partial charge in [0.1, 0.15) is 0 Å². The number of carboxylic acid groups (broad SMARTS) is 1. The molecule has 5 heteroatoms. The van der Waals surface area contributed by atoms with Crippen LogP contribution in [-0.2, 0) is 17.9 Å². The Kier molecular flexibility index (Phi) is 8.26. The maximum Gasteiger partial charge on any atom is 0.304 e. The Morgan fingerprint density at radius 3 is 1.78 bits per heavy atom. The van der Waals surface area contributed by atoms with Crippen LogP contribution < -0.4 is 0 Å². The van der Waals surface area contributed by atoms with E-state index >= 15 is 0 Å². The van der Waals surface area contributed by atoms with Crippen LogP contribution in [0.25, 0.3) is 0 Å². The number of hydrogen-bond acceptors (Lipinski definition) is 4. The molecule has 0 aliphatic heterocycles. The van der Waals surface area contributed by atoms with Gasteiger partial charge in [-0.3, -0.25) is 14.5 Å². The normalized spacial score (nSPS) is 11.5. The Hall–Kier alpha value is -2.89. The lowest BCUT2D eigenvalue weighted by atomic mass is 9.90. The Morgan fingerprint density at radius 1 is 0.812 bits per heavy atom. The average molecular weight is 448 g/mol. The van der Waals surface area contributed by atoms with Gasteiger partial charge in [0.2, 0.25) is 0 Å². The van der Waals surface area contributed by atoms with Crippen molar-refractivity contribution in [2.24, 2.45) is 0 Å². The quantitative estimate of drug-likeness (QED) is 0.292. The molecule has 3 aromatic carbocycles. The summed E-state index contributed by atoms with van der Waals surface area (Å²) in [5.74, 6) is -0.231. The molecule has 0 saturated heterocycles. The zero-order chi connectivity index (χ0) is 23.0. The first-order valence-electron chi connectivity index (χ1n) is 10.7. The summed E-state index contributed by atoms with van der Waals surface area (Å²) in [4.78, 5) is 27.5. The highest BCUT2D eigenvalue weighted by Gasteiger charge is 2.35. The standard InChI is InChI=1S/C27H29NO3S/c1-27(2,26(31)23-13-15-24(16-14-23)32-18-17-25(29)30)28(19-21-9-5-3-6-10-21)20-22-11-7-4-8-12-22/h3-16H,17-20H2,1-2H3,(H,29,30). The molecule has 32 heavy (non-hydrogen) atoms. The first kappa shape index (κ1) is 23.8. The molecule has 0 spiro atoms. The number of Topliss-reactive ketones (excluding diaryl/α,β-unsaturated/α-hetero) is 1. The van der Waals surface area contributed by atoms with E-state index in [2.05, 4.69) is 29.2 Å². The highest BCUT2D eigenvalue weighted by molar-refractivity contribution is 7.99. The van der Waals surface area contributed by atoms with Crippen LogP contribution >= 0.6 is 11.8 Å². The molecule has 0 heterocycles. The molecular weight excluding hydrogens is 418 g/mol. The van der Waals surface area contributed by atoms with Crippen molar-refractivity contribution in [1.29, 1.82) is 0 Å². The SMILES string of the molecule is CC(C)(C(=O)c1ccc(SCCC(=O)O)cc1)N(Cc1ccccc1)Cc1ccccc1. The van der Waals surface area contributed by atoms with Crippen molar-refractivity contribution < 1.29 is 14.7 Å². The molecule has 0 amide bonds. The van der Waals surface area contributed by atoms with Gasteiger partial charge in [0, 0.05) is 29.3 Å². The number of ketones is 1. The minimum absolute atomic E-state index is 0.0615. The van der Waals surface area contributed by atoms with E-state index in [-0.39, 0.29) is 12.2 Å². The Bertz CT molecular complexity index is 976. The van der Waals surface area contributed by atoms with E-state index in [9.17, 15) is 9.59 Å². The maximum atomic E-state index is 13.6. The van der Waals surface area contributed by atoms with Gasteiger partial charge in [0.05, 0.1) is 12.0 Å². The number of nitrogens with zero attached hydrogens (tertiary/aromatic N) is 1. The van der Waals surface area contributed by atoms with Crippen LogP contribution in [0, 0.1) is 0 Å². The molecule has 0 bridgehead atoms. The van der Waals surface area contributed by atoms with Gasteiger partial charge < -0.3 is 5.11 Å². The molecule has 0 aliphatic carbocycles. The molecule has 0 saturated carbocycles. The smallest absolute Gasteiger partial charge is 0.304 e. The van der Waals surface area contributed by atoms with Crippen molar-refractivity contribution >= 4 is 23.5 Å². The molecule has 4 nitrogen and oxygen atoms in total. The van der Waals surface area contributed by atoms with Crippen LogP contribution in [0.3, 0.4) is 0 Å². The predicted octanol–water partition coefficient (Wildman–Crippen LogP) is 5.92. The van der Waals surface area contributed by atoms with E-state index in [0.29, 0.717) is 24.4 Å². The fraction of sp³-hybridized carbons (Fsp3) is 0.259. The fourth-order valence-corrected chi connectivity index (χ4v) is 4.36. The number of aliphatic carboxylic acids is 1. The van der Waals surface area contributed by atoms with Crippen molar-refractivity contribution in [1.82, 2.24) is 4.90 Å². The molecule has 0 fully saturated rings. The minimum atomic E-state index is -0.803. The van der Waals surface area contributed by atoms with Crippen LogP contribution in [0.2, 0.25) is 0 Å². The van der Waals surface area contributed by atoms with Crippen LogP contribution in [0.15, 0.2) is 89.8 Å². The van der Waals surface area contributed by atoms with Crippen molar-refractivity contribution in [2.45, 2.75) is 43.8 Å². The molecule has 0 radical (unpaired) electrons. The van der Waals surface area contributed by atoms with E-state index < -0.39 is 11.5 Å². The second-order valence-corrected chi connectivity index (χ2v) is 9.40. The van der Waals surface area contributed by atoms with E-state index in [4.69, 9.17) is 5.11 Å². The van der Waals surface area contributed by atoms with Gasteiger partial charge in [-0.25, -0.2) is 0 Å². The highest BCUT2D eigenvalue weighted by Crippen LogP contribution is 2.27. The van der Waals surface area contributed by atoms with Crippen LogP contribution in [0.1, 0.15) is 41.8 Å². The topological polar surface area (TPSA) is 57.6 Å². The van der Waals surface area contributed by atoms with Crippen molar-refractivity contribution in [2.75, 3.05) is 5.75 Å². The number of rotatable bonds is 11. The van der Waals surface area contributed by atoms with Crippen molar-refractivity contribution in [3.63, 3.8) is 0 Å². The molecule has 3 rings (SSSR count). The van der Waals surface area contributed by atoms with Crippen LogP contribution in [0.4, 0.5) is 0 Å². The van der Waals surface area contributed by atoms with Gasteiger partial charge in [-0.1, -0.05) is 72.8 Å². The van der Waals surface area contributed by atoms with E-state index in [1.807, 2.05) is 74.5 Å². The second-order valence-electron chi connectivity index (χ2n) is 8.23. The van der Waals surface area contributed by atoms with Gasteiger partial charge in [-0.15, -0.1) is 11.8 Å². The molecule has 1 N–H and O–H groups in total. The average Bonchev–Trinajstić information content (AvgIpc) is 2.80. The van der Waals surface area contributed by atoms with Gasteiger partial charge in [0.15, 0.2) is 5.78 Å². The lowest BCUT2D eigenvalue weighted by Gasteiger charge is -2.37. The summed E-state index contributed by atoms with van der Waals surface area (Å²) in [5.41, 5.74) is 2.26. The van der Waals surface area contributed by atoms with E-state index in [0.717, 1.165) is 16.0 Å². The minimum Gasteiger partial charge on any atom is -0.481 e. The molecule has 0 aliphatic rings. The monoisotopic (exact) mass is 447 g/mol. The summed E-state index contributed by atoms with van der Waals surface area (Å²) in [6.45, 7) is 5.29. The van der Waals surface area contributed by atoms with Crippen LogP contribution in [0.5, 0.6) is 0 Å². The van der Waals surface area contributed by atoms with Gasteiger partial charge in [-0.2, -0.15) is 0 Å². The fourth-order valence-electron chi connectivity index (χ4n) is 3.51. The second kappa shape index (κ2) is 11.1. The molecule has 0 unspecified atom stereocenters. The lowest BCUT2D eigenvalue weighted by molar-refractivity contribution is -0.136. The summed E-state index contributed by atoms with van der Waals surface area (Å²) in [6.07, 6.45) is 0.117. The summed E-state index contributed by atoms with van der Waals surface area (Å²) >= 11 is 1.48. The molecule has 0 atom stereocenters. The predicted molar refractivity (Wildman–Crippen MR) is 130 cm³/mol. The van der Waals surface area contributed by atoms with E-state index in [1.54, 1.807) is 0 Å². The molecule has 0 aromatic heterocycles. The number of thioether (sulfide) groups is 1. The number of benzene rings is 3.